The second-order valence-electron chi connectivity index (χ2n) is 6.02. The molecule has 0 bridgehead atoms. The Morgan fingerprint density at radius 3 is 1.86 bits per heavy atom. The largest absolute Gasteiger partial charge is 0.534 e. The van der Waals surface area contributed by atoms with Crippen LogP contribution in [0.15, 0.2) is 18.2 Å². The quantitative estimate of drug-likeness (QED) is 0.0892. The molecule has 1 rings (SSSR count). The van der Waals surface area contributed by atoms with Gasteiger partial charge in [0.1, 0.15) is 12.4 Å². The molecule has 19 heteroatoms. The van der Waals surface area contributed by atoms with Crippen LogP contribution < -0.4 is 8.92 Å². The third-order valence-corrected chi connectivity index (χ3v) is 5.38. The van der Waals surface area contributed by atoms with Crippen molar-refractivity contribution in [2.45, 2.75) is 11.0 Å². The summed E-state index contributed by atoms with van der Waals surface area (Å²) in [5.74, 6) is -3.60. The Hall–Kier alpha value is -2.35. The van der Waals surface area contributed by atoms with Gasteiger partial charge in [-0.3, -0.25) is 5.41 Å². The Labute approximate surface area is 195 Å². The van der Waals surface area contributed by atoms with Gasteiger partial charge in [-0.25, -0.2) is 0 Å². The number of rotatable bonds is 14. The van der Waals surface area contributed by atoms with Gasteiger partial charge in [-0.05, 0) is 12.1 Å². The summed E-state index contributed by atoms with van der Waals surface area (Å²) in [6.07, 6.45) is 0. The number of halogens is 6. The van der Waals surface area contributed by atoms with E-state index in [0.29, 0.717) is 25.3 Å². The van der Waals surface area contributed by atoms with E-state index in [1.54, 1.807) is 0 Å². The summed E-state index contributed by atoms with van der Waals surface area (Å²) in [6, 6.07) is 1.92. The number of methoxy groups -OCH3 is 1. The van der Waals surface area contributed by atoms with Gasteiger partial charge in [0.15, 0.2) is 5.75 Å². The second kappa shape index (κ2) is 12.6. The van der Waals surface area contributed by atoms with Crippen LogP contribution in [0.2, 0.25) is 0 Å². The van der Waals surface area contributed by atoms with Gasteiger partial charge in [-0.15, -0.1) is 0 Å². The van der Waals surface area contributed by atoms with E-state index in [2.05, 4.69) is 8.37 Å². The SMILES string of the molecule is COCCOCCOCCOc1ccc(C(=N)OS(=O)(=O)C(F)(F)F)c(OS(=O)(=O)C(F)(F)F)c1. The molecule has 0 fully saturated rings. The van der Waals surface area contributed by atoms with E-state index < -0.39 is 48.5 Å². The van der Waals surface area contributed by atoms with Crippen LogP contribution in [-0.2, 0) is 38.6 Å². The summed E-state index contributed by atoms with van der Waals surface area (Å²) in [5, 5.41) is 7.38. The third-order valence-electron chi connectivity index (χ3n) is 3.46. The Morgan fingerprint density at radius 1 is 0.829 bits per heavy atom. The lowest BCUT2D eigenvalue weighted by Crippen LogP contribution is -2.30. The molecule has 0 atom stereocenters. The zero-order valence-corrected chi connectivity index (χ0v) is 19.3. The molecule has 11 nitrogen and oxygen atoms in total. The molecule has 1 N–H and O–H groups in total. The highest BCUT2D eigenvalue weighted by Crippen LogP contribution is 2.33. The van der Waals surface area contributed by atoms with Gasteiger partial charge < -0.3 is 27.3 Å². The maximum Gasteiger partial charge on any atom is 0.534 e. The summed E-state index contributed by atoms with van der Waals surface area (Å²) < 4.78 is 148. The number of benzene rings is 1. The molecule has 202 valence electrons. The van der Waals surface area contributed by atoms with E-state index in [1.807, 2.05) is 0 Å². The fraction of sp³-hybridized carbons (Fsp3) is 0.562. The lowest BCUT2D eigenvalue weighted by Gasteiger charge is -2.16. The van der Waals surface area contributed by atoms with Crippen molar-refractivity contribution in [1.29, 1.82) is 5.41 Å². The number of alkyl halides is 6. The van der Waals surface area contributed by atoms with E-state index in [4.69, 9.17) is 24.4 Å². The molecule has 1 aromatic carbocycles. The highest BCUT2D eigenvalue weighted by molar-refractivity contribution is 7.88. The van der Waals surface area contributed by atoms with E-state index in [0.717, 1.165) is 6.07 Å². The summed E-state index contributed by atoms with van der Waals surface area (Å²) in [4.78, 5) is 0. The normalized spacial score (nSPS) is 12.9. The molecular formula is C16H19F6NO10S2. The van der Waals surface area contributed by atoms with Gasteiger partial charge in [-0.2, -0.15) is 43.2 Å². The molecule has 0 aliphatic heterocycles. The maximum atomic E-state index is 12.7. The predicted octanol–water partition coefficient (Wildman–Crippen LogP) is 2.16. The zero-order chi connectivity index (χ0) is 26.9. The van der Waals surface area contributed by atoms with E-state index >= 15 is 0 Å². The molecule has 0 unspecified atom stereocenters. The van der Waals surface area contributed by atoms with Gasteiger partial charge >= 0.3 is 31.3 Å². The number of ether oxygens (including phenoxy) is 4. The van der Waals surface area contributed by atoms with Gasteiger partial charge in [0.25, 0.3) is 0 Å². The van der Waals surface area contributed by atoms with Crippen LogP contribution in [0.4, 0.5) is 26.3 Å². The number of hydrogen-bond acceptors (Lipinski definition) is 11. The molecule has 0 heterocycles. The van der Waals surface area contributed by atoms with Crippen molar-refractivity contribution in [2.24, 2.45) is 0 Å². The average molecular weight is 563 g/mol. The number of hydrogen-bond donors (Lipinski definition) is 1. The molecule has 0 saturated heterocycles. The minimum absolute atomic E-state index is 0.0603. The van der Waals surface area contributed by atoms with Crippen LogP contribution in [0.1, 0.15) is 5.56 Å². The Kier molecular flexibility index (Phi) is 11.0. The monoisotopic (exact) mass is 563 g/mol. The van der Waals surface area contributed by atoms with Gasteiger partial charge in [0, 0.05) is 13.2 Å². The molecular weight excluding hydrogens is 544 g/mol. The van der Waals surface area contributed by atoms with Crippen molar-refractivity contribution >= 4 is 26.1 Å². The average Bonchev–Trinajstić information content (AvgIpc) is 2.70. The fourth-order valence-corrected chi connectivity index (χ4v) is 2.77. The Balaban J connectivity index is 2.98. The number of nitrogens with one attached hydrogen (secondary N) is 1. The van der Waals surface area contributed by atoms with Gasteiger partial charge in [0.05, 0.1) is 38.6 Å². The van der Waals surface area contributed by atoms with Crippen LogP contribution in [0.5, 0.6) is 11.5 Å². The first-order valence-corrected chi connectivity index (χ1v) is 11.8. The maximum absolute atomic E-state index is 12.7. The smallest absolute Gasteiger partial charge is 0.491 e. The summed E-state index contributed by atoms with van der Waals surface area (Å²) in [5.41, 5.74) is -13.1. The topological polar surface area (TPSA) is 148 Å². The lowest BCUT2D eigenvalue weighted by molar-refractivity contribution is -0.0506. The Bertz CT molecular complexity index is 1060. The molecule has 0 saturated carbocycles. The molecule has 0 radical (unpaired) electrons. The second-order valence-corrected chi connectivity index (χ2v) is 9.10. The van der Waals surface area contributed by atoms with Gasteiger partial charge in [0.2, 0.25) is 5.90 Å². The first kappa shape index (κ1) is 30.7. The molecule has 0 spiro atoms. The standard InChI is InChI=1S/C16H19F6NO10S2/c1-28-4-5-29-6-7-30-8-9-31-11-2-3-12(14(23)33-35(26,27)16(20,21)22)13(10-11)32-34(24,25)15(17,18)19/h2-3,10,23H,4-9H2,1H3. The van der Waals surface area contributed by atoms with Crippen LogP contribution in [0.25, 0.3) is 0 Å². The highest BCUT2D eigenvalue weighted by Gasteiger charge is 2.50. The van der Waals surface area contributed by atoms with Crippen molar-refractivity contribution in [1.82, 2.24) is 0 Å². The molecule has 0 aliphatic carbocycles. The van der Waals surface area contributed by atoms with Gasteiger partial charge in [-0.1, -0.05) is 0 Å². The molecule has 0 amide bonds. The lowest BCUT2D eigenvalue weighted by atomic mass is 10.2. The first-order valence-electron chi connectivity index (χ1n) is 9.03. The van der Waals surface area contributed by atoms with E-state index in [1.165, 1.54) is 7.11 Å². The van der Waals surface area contributed by atoms with E-state index in [9.17, 15) is 43.2 Å². The van der Waals surface area contributed by atoms with E-state index in [-0.39, 0.29) is 32.2 Å². The van der Waals surface area contributed by atoms with Crippen LogP contribution in [0.3, 0.4) is 0 Å². The summed E-state index contributed by atoms with van der Waals surface area (Å²) in [7, 11) is -11.3. The Morgan fingerprint density at radius 2 is 1.34 bits per heavy atom. The molecule has 0 aliphatic rings. The van der Waals surface area contributed by atoms with Crippen molar-refractivity contribution in [3.8, 4) is 11.5 Å². The van der Waals surface area contributed by atoms with Crippen molar-refractivity contribution in [2.75, 3.05) is 46.8 Å². The summed E-state index contributed by atoms with van der Waals surface area (Å²) in [6.45, 7) is 0.780. The minimum atomic E-state index is -6.39. The highest BCUT2D eigenvalue weighted by atomic mass is 32.2. The van der Waals surface area contributed by atoms with Crippen LogP contribution >= 0.6 is 0 Å². The van der Waals surface area contributed by atoms with Crippen LogP contribution in [0, 0.1) is 5.41 Å². The molecule has 0 aromatic heterocycles. The first-order chi connectivity index (χ1) is 16.0. The third kappa shape index (κ3) is 9.67. The molecule has 35 heavy (non-hydrogen) atoms. The van der Waals surface area contributed by atoms with Crippen molar-refractivity contribution in [3.05, 3.63) is 23.8 Å². The molecule has 1 aromatic rings. The summed E-state index contributed by atoms with van der Waals surface area (Å²) >= 11 is 0. The predicted molar refractivity (Wildman–Crippen MR) is 104 cm³/mol. The van der Waals surface area contributed by atoms with Crippen LogP contribution in [-0.4, -0.2) is 80.5 Å². The van der Waals surface area contributed by atoms with Crippen molar-refractivity contribution < 1.29 is 70.5 Å². The van der Waals surface area contributed by atoms with Crippen molar-refractivity contribution in [3.63, 3.8) is 0 Å². The fourth-order valence-electron chi connectivity index (χ4n) is 1.90. The zero-order valence-electron chi connectivity index (χ0n) is 17.6. The minimum Gasteiger partial charge on any atom is -0.491 e.